The largest absolute Gasteiger partial charge is 0.396 e. The van der Waals surface area contributed by atoms with E-state index in [1.165, 1.54) is 22.4 Å². The molecule has 0 amide bonds. The lowest BCUT2D eigenvalue weighted by molar-refractivity contribution is 0.257. The number of pyridine rings is 1. The van der Waals surface area contributed by atoms with E-state index < -0.39 is 0 Å². The molecule has 142 valence electrons. The summed E-state index contributed by atoms with van der Waals surface area (Å²) in [6, 6.07) is 14.8. The first-order valence-corrected chi connectivity index (χ1v) is 11.3. The Morgan fingerprint density at radius 2 is 2.00 bits per heavy atom. The smallest absolute Gasteiger partial charge is 0.0832 e. The van der Waals surface area contributed by atoms with Crippen molar-refractivity contribution in [1.29, 1.82) is 0 Å². The molecule has 0 saturated heterocycles. The van der Waals surface area contributed by atoms with Gasteiger partial charge < -0.3 is 10.4 Å². The minimum absolute atomic E-state index is 0.291. The third kappa shape index (κ3) is 3.60. The van der Waals surface area contributed by atoms with Gasteiger partial charge in [0.2, 0.25) is 0 Å². The lowest BCUT2D eigenvalue weighted by Gasteiger charge is -2.14. The number of hydrogen-bond donors (Lipinski definition) is 2. The molecule has 5 rings (SSSR count). The topological polar surface area (TPSA) is 58.0 Å². The van der Waals surface area contributed by atoms with Gasteiger partial charge in [-0.15, -0.1) is 23.1 Å². The van der Waals surface area contributed by atoms with Gasteiger partial charge in [0.15, 0.2) is 0 Å². The summed E-state index contributed by atoms with van der Waals surface area (Å²) in [5, 5.41) is 13.9. The Morgan fingerprint density at radius 1 is 1.07 bits per heavy atom. The molecular weight excluding hydrogens is 386 g/mol. The highest BCUT2D eigenvalue weighted by Gasteiger charge is 2.41. The van der Waals surface area contributed by atoms with Crippen LogP contribution in [0.3, 0.4) is 0 Å². The van der Waals surface area contributed by atoms with Crippen LogP contribution in [0.4, 0.5) is 11.4 Å². The number of rotatable bonds is 7. The van der Waals surface area contributed by atoms with Crippen molar-refractivity contribution in [2.45, 2.75) is 24.2 Å². The molecule has 2 heterocycles. The molecule has 0 aliphatic heterocycles. The van der Waals surface area contributed by atoms with Crippen LogP contribution in [0.25, 0.3) is 21.1 Å². The quantitative estimate of drug-likeness (QED) is 0.377. The van der Waals surface area contributed by atoms with Gasteiger partial charge in [0, 0.05) is 40.2 Å². The first-order valence-electron chi connectivity index (χ1n) is 9.47. The molecule has 0 radical (unpaired) electrons. The van der Waals surface area contributed by atoms with Crippen molar-refractivity contribution in [1.82, 2.24) is 9.97 Å². The van der Waals surface area contributed by atoms with E-state index in [1.807, 2.05) is 29.5 Å². The number of thioether (sulfide) groups is 1. The van der Waals surface area contributed by atoms with Crippen molar-refractivity contribution in [2.75, 3.05) is 17.7 Å². The van der Waals surface area contributed by atoms with Gasteiger partial charge in [0.25, 0.3) is 0 Å². The molecule has 2 aromatic carbocycles. The number of thiazole rings is 1. The molecule has 1 saturated carbocycles. The van der Waals surface area contributed by atoms with Crippen molar-refractivity contribution < 1.29 is 5.11 Å². The van der Waals surface area contributed by atoms with Gasteiger partial charge in [-0.3, -0.25) is 4.98 Å². The maximum atomic E-state index is 9.28. The van der Waals surface area contributed by atoms with Gasteiger partial charge in [0.1, 0.15) is 0 Å². The highest BCUT2D eigenvalue weighted by Crippen LogP contribution is 2.51. The summed E-state index contributed by atoms with van der Waals surface area (Å²) in [5.41, 5.74) is 6.32. The van der Waals surface area contributed by atoms with Crippen LogP contribution < -0.4 is 5.32 Å². The summed E-state index contributed by atoms with van der Waals surface area (Å²) in [5.74, 6) is 1.07. The van der Waals surface area contributed by atoms with Gasteiger partial charge in [-0.2, -0.15) is 0 Å². The van der Waals surface area contributed by atoms with Crippen LogP contribution >= 0.6 is 23.1 Å². The molecule has 0 spiro atoms. The highest BCUT2D eigenvalue weighted by atomic mass is 32.2. The summed E-state index contributed by atoms with van der Waals surface area (Å²) < 4.78 is 1.20. The highest BCUT2D eigenvalue weighted by molar-refractivity contribution is 7.99. The molecule has 1 fully saturated rings. The molecule has 4 nitrogen and oxygen atoms in total. The fourth-order valence-corrected chi connectivity index (χ4v) is 5.46. The molecule has 0 bridgehead atoms. The van der Waals surface area contributed by atoms with Crippen LogP contribution in [0, 0.1) is 5.41 Å². The Bertz CT molecular complexity index is 1140. The van der Waals surface area contributed by atoms with Gasteiger partial charge in [-0.25, -0.2) is 4.98 Å². The zero-order chi connectivity index (χ0) is 19.0. The van der Waals surface area contributed by atoms with Crippen LogP contribution in [0.15, 0.2) is 59.1 Å². The number of hydrogen-bond acceptors (Lipinski definition) is 6. The number of aliphatic hydroxyl groups excluding tert-OH is 1. The second-order valence-corrected chi connectivity index (χ2v) is 9.39. The van der Waals surface area contributed by atoms with E-state index in [9.17, 15) is 5.11 Å². The molecule has 2 N–H and O–H groups in total. The predicted octanol–water partition coefficient (Wildman–Crippen LogP) is 5.84. The van der Waals surface area contributed by atoms with E-state index in [2.05, 4.69) is 51.7 Å². The molecule has 0 unspecified atom stereocenters. The number of nitrogens with zero attached hydrogens (tertiary/aromatic N) is 2. The Hall–Kier alpha value is -2.15. The zero-order valence-electron chi connectivity index (χ0n) is 15.4. The molecule has 2 aromatic heterocycles. The summed E-state index contributed by atoms with van der Waals surface area (Å²) in [4.78, 5) is 10.2. The number of nitrogens with one attached hydrogen (secondary N) is 1. The summed E-state index contributed by atoms with van der Waals surface area (Å²) in [6.45, 7) is 0.291. The molecule has 1 aliphatic rings. The van der Waals surface area contributed by atoms with Gasteiger partial charge in [-0.1, -0.05) is 0 Å². The molecule has 1 aliphatic carbocycles. The third-order valence-electron chi connectivity index (χ3n) is 5.47. The number of fused-ring (bicyclic) bond motifs is 2. The molecule has 4 aromatic rings. The van der Waals surface area contributed by atoms with Crippen molar-refractivity contribution in [3.8, 4) is 0 Å². The summed E-state index contributed by atoms with van der Waals surface area (Å²) in [6.07, 6.45) is 5.24. The van der Waals surface area contributed by atoms with Crippen LogP contribution in [-0.4, -0.2) is 27.4 Å². The minimum Gasteiger partial charge on any atom is -0.396 e. The maximum Gasteiger partial charge on any atom is 0.0832 e. The molecule has 0 atom stereocenters. The second-order valence-electron chi connectivity index (χ2n) is 7.46. The molecular formula is C22H21N3OS2. The monoisotopic (exact) mass is 407 g/mol. The van der Waals surface area contributed by atoms with E-state index in [4.69, 9.17) is 0 Å². The standard InChI is InChI=1S/C22H21N3OS2/c26-10-8-22(6-7-22)13-27-16-2-3-18-17(12-16)19(5-9-23-18)25-15-1-4-21-20(11-15)24-14-28-21/h1-5,9,11-12,14,26H,6-8,10,13H2,(H,23,25). The zero-order valence-corrected chi connectivity index (χ0v) is 17.0. The maximum absolute atomic E-state index is 9.28. The number of aliphatic hydroxyl groups is 1. The summed E-state index contributed by atoms with van der Waals surface area (Å²) >= 11 is 3.54. The van der Waals surface area contributed by atoms with Gasteiger partial charge >= 0.3 is 0 Å². The Balaban J connectivity index is 1.41. The van der Waals surface area contributed by atoms with Gasteiger partial charge in [0.05, 0.1) is 21.2 Å². The summed E-state index contributed by atoms with van der Waals surface area (Å²) in [7, 11) is 0. The van der Waals surface area contributed by atoms with Gasteiger partial charge in [-0.05, 0) is 67.1 Å². The fourth-order valence-electron chi connectivity index (χ4n) is 3.53. The van der Waals surface area contributed by atoms with E-state index in [0.717, 1.165) is 40.0 Å². The number of anilines is 2. The van der Waals surface area contributed by atoms with E-state index in [0.29, 0.717) is 12.0 Å². The normalized spacial score (nSPS) is 15.2. The SMILES string of the molecule is OCCC1(CSc2ccc3nccc(Nc4ccc5scnc5c4)c3c2)CC1. The number of aromatic nitrogens is 2. The lowest BCUT2D eigenvalue weighted by Crippen LogP contribution is -2.06. The third-order valence-corrected chi connectivity index (χ3v) is 7.62. The lowest BCUT2D eigenvalue weighted by atomic mass is 10.1. The van der Waals surface area contributed by atoms with E-state index in [1.54, 1.807) is 11.3 Å². The average molecular weight is 408 g/mol. The van der Waals surface area contributed by atoms with E-state index in [-0.39, 0.29) is 0 Å². The number of benzene rings is 2. The first-order chi connectivity index (χ1) is 13.7. The first kappa shape index (κ1) is 17.9. The van der Waals surface area contributed by atoms with Crippen molar-refractivity contribution >= 4 is 55.6 Å². The predicted molar refractivity (Wildman–Crippen MR) is 119 cm³/mol. The van der Waals surface area contributed by atoms with Crippen molar-refractivity contribution in [3.63, 3.8) is 0 Å². The minimum atomic E-state index is 0.291. The van der Waals surface area contributed by atoms with Crippen LogP contribution in [0.2, 0.25) is 0 Å². The fraction of sp³-hybridized carbons (Fsp3) is 0.273. The Labute approximate surface area is 172 Å². The van der Waals surface area contributed by atoms with Crippen LogP contribution in [0.5, 0.6) is 0 Å². The Morgan fingerprint density at radius 3 is 2.86 bits per heavy atom. The molecule has 28 heavy (non-hydrogen) atoms. The average Bonchev–Trinajstić information content (AvgIpc) is 3.32. The van der Waals surface area contributed by atoms with Crippen molar-refractivity contribution in [2.24, 2.45) is 5.41 Å². The second kappa shape index (κ2) is 7.35. The van der Waals surface area contributed by atoms with E-state index >= 15 is 0 Å². The molecule has 6 heteroatoms. The van der Waals surface area contributed by atoms with Crippen LogP contribution in [0.1, 0.15) is 19.3 Å². The van der Waals surface area contributed by atoms with Crippen molar-refractivity contribution in [3.05, 3.63) is 54.2 Å². The Kier molecular flexibility index (Phi) is 4.70. The van der Waals surface area contributed by atoms with Crippen LogP contribution in [-0.2, 0) is 0 Å².